The zero-order valence-corrected chi connectivity index (χ0v) is 26.1. The fourth-order valence-electron chi connectivity index (χ4n) is 5.90. The van der Waals surface area contributed by atoms with Gasteiger partial charge in [0.1, 0.15) is 0 Å². The molecule has 0 N–H and O–H groups in total. The molecular formula is C37H37BrN2. The molecule has 0 amide bonds. The monoisotopic (exact) mass is 588 g/mol. The van der Waals surface area contributed by atoms with Crippen LogP contribution in [0.25, 0.3) is 0 Å². The topological polar surface area (TPSA) is 6.48 Å². The Kier molecular flexibility index (Phi) is 7.87. The Morgan fingerprint density at radius 2 is 0.650 bits per heavy atom. The van der Waals surface area contributed by atoms with Crippen molar-refractivity contribution < 1.29 is 0 Å². The number of nitrogens with zero attached hydrogens (tertiary/aromatic N) is 2. The summed E-state index contributed by atoms with van der Waals surface area (Å²) in [5.74, 6) is 0. The molecule has 0 saturated heterocycles. The SMILES string of the molecule is Cc1ccc(N(c2ccc(N(c3ccc(Br)cc3)c3c(C)cc(C)cc3C)cc2)c2c(C)cc(C)cc2C)cc1. The normalized spacial score (nSPS) is 11.0. The number of rotatable bonds is 6. The number of benzene rings is 5. The summed E-state index contributed by atoms with van der Waals surface area (Å²) in [5.41, 5.74) is 15.9. The van der Waals surface area contributed by atoms with Gasteiger partial charge in [0, 0.05) is 27.2 Å². The molecule has 0 saturated carbocycles. The van der Waals surface area contributed by atoms with Gasteiger partial charge in [0.2, 0.25) is 0 Å². The molecule has 3 heteroatoms. The highest BCUT2D eigenvalue weighted by atomic mass is 79.9. The van der Waals surface area contributed by atoms with Gasteiger partial charge in [0.05, 0.1) is 11.4 Å². The maximum atomic E-state index is 3.61. The highest BCUT2D eigenvalue weighted by Crippen LogP contribution is 2.43. The number of halogens is 1. The number of anilines is 6. The lowest BCUT2D eigenvalue weighted by Gasteiger charge is -2.31. The molecule has 0 aliphatic heterocycles. The molecule has 5 aromatic rings. The maximum Gasteiger partial charge on any atom is 0.0520 e. The highest BCUT2D eigenvalue weighted by Gasteiger charge is 2.20. The molecule has 40 heavy (non-hydrogen) atoms. The van der Waals surface area contributed by atoms with E-state index in [1.165, 1.54) is 50.3 Å². The van der Waals surface area contributed by atoms with E-state index in [1.807, 2.05) is 0 Å². The van der Waals surface area contributed by atoms with E-state index in [0.717, 1.165) is 27.2 Å². The molecule has 0 bridgehead atoms. The van der Waals surface area contributed by atoms with Crippen LogP contribution in [0.4, 0.5) is 34.1 Å². The fourth-order valence-corrected chi connectivity index (χ4v) is 6.16. The van der Waals surface area contributed by atoms with Crippen molar-refractivity contribution in [3.8, 4) is 0 Å². The van der Waals surface area contributed by atoms with Crippen molar-refractivity contribution in [2.75, 3.05) is 9.80 Å². The van der Waals surface area contributed by atoms with Gasteiger partial charge < -0.3 is 9.80 Å². The van der Waals surface area contributed by atoms with Gasteiger partial charge >= 0.3 is 0 Å². The standard InChI is InChI=1S/C37H37BrN2/c1-24-8-12-32(13-9-24)39(36-27(4)20-25(2)21-28(36)5)34-16-18-35(19-17-34)40(33-14-10-31(38)11-15-33)37-29(6)22-26(3)23-30(37)7/h8-23H,1-7H3. The summed E-state index contributed by atoms with van der Waals surface area (Å²) in [4.78, 5) is 4.76. The van der Waals surface area contributed by atoms with E-state index >= 15 is 0 Å². The third kappa shape index (κ3) is 5.57. The minimum absolute atomic E-state index is 1.07. The van der Waals surface area contributed by atoms with Gasteiger partial charge in [-0.1, -0.05) is 69.0 Å². The second kappa shape index (κ2) is 11.3. The average Bonchev–Trinajstić information content (AvgIpc) is 2.90. The lowest BCUT2D eigenvalue weighted by atomic mass is 10.0. The summed E-state index contributed by atoms with van der Waals surface area (Å²) >= 11 is 3.61. The summed E-state index contributed by atoms with van der Waals surface area (Å²) in [6.07, 6.45) is 0. The second-order valence-electron chi connectivity index (χ2n) is 11.0. The lowest BCUT2D eigenvalue weighted by molar-refractivity contribution is 1.19. The Labute approximate surface area is 248 Å². The van der Waals surface area contributed by atoms with Crippen molar-refractivity contribution >= 4 is 50.1 Å². The van der Waals surface area contributed by atoms with Crippen molar-refractivity contribution in [1.82, 2.24) is 0 Å². The summed E-state index contributed by atoms with van der Waals surface area (Å²) in [6, 6.07) is 35.5. The Morgan fingerprint density at radius 1 is 0.375 bits per heavy atom. The van der Waals surface area contributed by atoms with E-state index in [0.29, 0.717) is 0 Å². The molecule has 0 radical (unpaired) electrons. The Morgan fingerprint density at radius 3 is 0.975 bits per heavy atom. The van der Waals surface area contributed by atoms with Crippen LogP contribution < -0.4 is 9.80 Å². The van der Waals surface area contributed by atoms with Crippen LogP contribution in [0.15, 0.2) is 102 Å². The average molecular weight is 590 g/mol. The van der Waals surface area contributed by atoms with Gasteiger partial charge in [-0.15, -0.1) is 0 Å². The molecule has 0 aromatic heterocycles. The van der Waals surface area contributed by atoms with Gasteiger partial charge in [-0.25, -0.2) is 0 Å². The summed E-state index contributed by atoms with van der Waals surface area (Å²) in [7, 11) is 0. The summed E-state index contributed by atoms with van der Waals surface area (Å²) in [6.45, 7) is 15.3. The largest absolute Gasteiger partial charge is 0.310 e. The number of hydrogen-bond acceptors (Lipinski definition) is 2. The molecule has 0 unspecified atom stereocenters. The van der Waals surface area contributed by atoms with Crippen LogP contribution in [-0.2, 0) is 0 Å². The van der Waals surface area contributed by atoms with Gasteiger partial charge in [-0.3, -0.25) is 0 Å². The third-order valence-corrected chi connectivity index (χ3v) is 7.99. The first kappa shape index (κ1) is 27.7. The van der Waals surface area contributed by atoms with E-state index in [4.69, 9.17) is 0 Å². The quantitative estimate of drug-likeness (QED) is 0.194. The summed E-state index contributed by atoms with van der Waals surface area (Å²) in [5, 5.41) is 0. The van der Waals surface area contributed by atoms with Crippen LogP contribution >= 0.6 is 15.9 Å². The van der Waals surface area contributed by atoms with Crippen LogP contribution in [-0.4, -0.2) is 0 Å². The molecule has 5 rings (SSSR count). The zero-order chi connectivity index (χ0) is 28.6. The Hall–Kier alpha value is -3.82. The van der Waals surface area contributed by atoms with E-state index in [2.05, 4.69) is 171 Å². The first-order valence-electron chi connectivity index (χ1n) is 13.8. The number of aryl methyl sites for hydroxylation is 7. The molecule has 0 aliphatic carbocycles. The van der Waals surface area contributed by atoms with Gasteiger partial charge in [0.25, 0.3) is 0 Å². The van der Waals surface area contributed by atoms with Crippen molar-refractivity contribution in [1.29, 1.82) is 0 Å². The van der Waals surface area contributed by atoms with Crippen LogP contribution in [0.1, 0.15) is 38.9 Å². The molecule has 5 aromatic carbocycles. The maximum absolute atomic E-state index is 3.61. The Bertz CT molecular complexity index is 1480. The first-order valence-corrected chi connectivity index (χ1v) is 14.6. The Balaban J connectivity index is 1.66. The molecule has 0 atom stereocenters. The highest BCUT2D eigenvalue weighted by molar-refractivity contribution is 9.10. The second-order valence-corrected chi connectivity index (χ2v) is 11.9. The molecule has 202 valence electrons. The van der Waals surface area contributed by atoms with E-state index in [9.17, 15) is 0 Å². The minimum Gasteiger partial charge on any atom is -0.310 e. The smallest absolute Gasteiger partial charge is 0.0520 e. The van der Waals surface area contributed by atoms with Crippen LogP contribution in [0.3, 0.4) is 0 Å². The summed E-state index contributed by atoms with van der Waals surface area (Å²) < 4.78 is 1.07. The van der Waals surface area contributed by atoms with Gasteiger partial charge in [-0.2, -0.15) is 0 Å². The third-order valence-electron chi connectivity index (χ3n) is 7.46. The minimum atomic E-state index is 1.07. The van der Waals surface area contributed by atoms with Gasteiger partial charge in [0.15, 0.2) is 0 Å². The molecule has 0 fully saturated rings. The van der Waals surface area contributed by atoms with Crippen LogP contribution in [0.2, 0.25) is 0 Å². The fraction of sp³-hybridized carbons (Fsp3) is 0.189. The van der Waals surface area contributed by atoms with Crippen molar-refractivity contribution in [3.05, 3.63) is 140 Å². The van der Waals surface area contributed by atoms with Crippen LogP contribution in [0.5, 0.6) is 0 Å². The molecular weight excluding hydrogens is 552 g/mol. The van der Waals surface area contributed by atoms with Crippen molar-refractivity contribution in [3.63, 3.8) is 0 Å². The lowest BCUT2D eigenvalue weighted by Crippen LogP contribution is -2.15. The van der Waals surface area contributed by atoms with Crippen LogP contribution in [0, 0.1) is 48.5 Å². The predicted octanol–water partition coefficient (Wildman–Crippen LogP) is 11.5. The molecule has 0 aliphatic rings. The zero-order valence-electron chi connectivity index (χ0n) is 24.5. The van der Waals surface area contributed by atoms with Crippen molar-refractivity contribution in [2.45, 2.75) is 48.5 Å². The van der Waals surface area contributed by atoms with E-state index < -0.39 is 0 Å². The molecule has 2 nitrogen and oxygen atoms in total. The predicted molar refractivity (Wildman–Crippen MR) is 177 cm³/mol. The van der Waals surface area contributed by atoms with E-state index in [-0.39, 0.29) is 0 Å². The first-order chi connectivity index (χ1) is 19.1. The van der Waals surface area contributed by atoms with E-state index in [1.54, 1.807) is 0 Å². The molecule has 0 spiro atoms. The number of hydrogen-bond donors (Lipinski definition) is 0. The van der Waals surface area contributed by atoms with Crippen molar-refractivity contribution in [2.24, 2.45) is 0 Å². The molecule has 0 heterocycles. The van der Waals surface area contributed by atoms with Gasteiger partial charge in [-0.05, 0) is 131 Å².